The van der Waals surface area contributed by atoms with E-state index in [1.165, 1.54) is 0 Å². The Morgan fingerprint density at radius 2 is 1.94 bits per heavy atom. The Balaban J connectivity index is 4.14. The van der Waals surface area contributed by atoms with Gasteiger partial charge in [0.2, 0.25) is 5.91 Å². The maximum atomic E-state index is 11.9. The molecule has 0 heterocycles. The summed E-state index contributed by atoms with van der Waals surface area (Å²) in [6, 6.07) is 0.0870. The molecular formula is C13H28N2O2S. The van der Waals surface area contributed by atoms with E-state index in [0.29, 0.717) is 0 Å². The van der Waals surface area contributed by atoms with Crippen LogP contribution < -0.4 is 10.6 Å². The third-order valence-electron chi connectivity index (χ3n) is 3.06. The van der Waals surface area contributed by atoms with E-state index < -0.39 is 0 Å². The Hall–Kier alpha value is -0.260. The monoisotopic (exact) mass is 276 g/mol. The van der Waals surface area contributed by atoms with E-state index in [-0.39, 0.29) is 35.9 Å². The van der Waals surface area contributed by atoms with Crippen molar-refractivity contribution in [3.63, 3.8) is 0 Å². The zero-order valence-corrected chi connectivity index (χ0v) is 13.0. The van der Waals surface area contributed by atoms with Crippen molar-refractivity contribution in [1.82, 2.24) is 10.6 Å². The van der Waals surface area contributed by atoms with Crippen molar-refractivity contribution in [2.75, 3.05) is 12.9 Å². The van der Waals surface area contributed by atoms with Crippen LogP contribution in [0.1, 0.15) is 40.5 Å². The van der Waals surface area contributed by atoms with Crippen molar-refractivity contribution >= 4 is 17.7 Å². The van der Waals surface area contributed by atoms with Gasteiger partial charge in [-0.2, -0.15) is 11.8 Å². The summed E-state index contributed by atoms with van der Waals surface area (Å²) < 4.78 is 0. The first-order valence-electron chi connectivity index (χ1n) is 6.66. The molecule has 4 atom stereocenters. The molecule has 0 aliphatic heterocycles. The van der Waals surface area contributed by atoms with E-state index in [9.17, 15) is 9.90 Å². The van der Waals surface area contributed by atoms with Gasteiger partial charge in [0.25, 0.3) is 0 Å². The predicted octanol–water partition coefficient (Wildman–Crippen LogP) is 1.38. The number of hydrogen-bond donors (Lipinski definition) is 3. The molecule has 0 spiro atoms. The molecule has 0 rings (SSSR count). The van der Waals surface area contributed by atoms with Gasteiger partial charge >= 0.3 is 0 Å². The number of hydrogen-bond acceptors (Lipinski definition) is 4. The topological polar surface area (TPSA) is 61.4 Å². The molecule has 0 saturated carbocycles. The zero-order valence-electron chi connectivity index (χ0n) is 12.2. The highest BCUT2D eigenvalue weighted by atomic mass is 32.2. The minimum Gasteiger partial charge on any atom is -0.395 e. The molecule has 0 aliphatic carbocycles. The summed E-state index contributed by atoms with van der Waals surface area (Å²) in [5, 5.41) is 15.5. The van der Waals surface area contributed by atoms with Gasteiger partial charge in [-0.1, -0.05) is 13.3 Å². The molecule has 4 nitrogen and oxygen atoms in total. The lowest BCUT2D eigenvalue weighted by Gasteiger charge is -2.25. The Morgan fingerprint density at radius 3 is 2.39 bits per heavy atom. The number of aliphatic hydroxyl groups excluding tert-OH is 1. The van der Waals surface area contributed by atoms with Crippen LogP contribution in [0.4, 0.5) is 0 Å². The number of amides is 1. The van der Waals surface area contributed by atoms with Crippen molar-refractivity contribution in [2.45, 2.75) is 63.9 Å². The van der Waals surface area contributed by atoms with Crippen LogP contribution in [0.3, 0.4) is 0 Å². The first kappa shape index (κ1) is 17.7. The predicted molar refractivity (Wildman–Crippen MR) is 79.0 cm³/mol. The summed E-state index contributed by atoms with van der Waals surface area (Å²) in [7, 11) is 0. The Labute approximate surface area is 115 Å². The minimum absolute atomic E-state index is 0.0283. The van der Waals surface area contributed by atoms with E-state index in [1.807, 2.05) is 27.0 Å². The Bertz CT molecular complexity index is 235. The van der Waals surface area contributed by atoms with Crippen molar-refractivity contribution in [2.24, 2.45) is 0 Å². The van der Waals surface area contributed by atoms with Crippen LogP contribution in [0.25, 0.3) is 0 Å². The van der Waals surface area contributed by atoms with Gasteiger partial charge in [0.15, 0.2) is 0 Å². The molecule has 0 fully saturated rings. The zero-order chi connectivity index (χ0) is 14.1. The summed E-state index contributed by atoms with van der Waals surface area (Å²) in [5.74, 6) is 0.0283. The van der Waals surface area contributed by atoms with Gasteiger partial charge in [-0.05, 0) is 33.4 Å². The molecular weight excluding hydrogens is 248 g/mol. The lowest BCUT2D eigenvalue weighted by Crippen LogP contribution is -2.51. The quantitative estimate of drug-likeness (QED) is 0.595. The van der Waals surface area contributed by atoms with E-state index in [0.717, 1.165) is 12.8 Å². The molecule has 0 aromatic rings. The number of carbonyl (C=O) groups excluding carboxylic acids is 1. The highest BCUT2D eigenvalue weighted by Crippen LogP contribution is 2.10. The average Bonchev–Trinajstić information content (AvgIpc) is 2.30. The van der Waals surface area contributed by atoms with Gasteiger partial charge in [-0.25, -0.2) is 0 Å². The third-order valence-corrected chi connectivity index (χ3v) is 4.22. The Kier molecular flexibility index (Phi) is 9.50. The molecule has 5 heteroatoms. The molecule has 108 valence electrons. The normalized spacial score (nSPS) is 17.9. The van der Waals surface area contributed by atoms with Gasteiger partial charge in [-0.15, -0.1) is 0 Å². The summed E-state index contributed by atoms with van der Waals surface area (Å²) in [6.45, 7) is 8.11. The fourth-order valence-corrected chi connectivity index (χ4v) is 2.52. The number of carbonyl (C=O) groups is 1. The highest BCUT2D eigenvalue weighted by Gasteiger charge is 2.21. The molecule has 0 aromatic heterocycles. The van der Waals surface area contributed by atoms with E-state index >= 15 is 0 Å². The molecule has 0 bridgehead atoms. The van der Waals surface area contributed by atoms with Crippen molar-refractivity contribution in [3.8, 4) is 0 Å². The van der Waals surface area contributed by atoms with Crippen molar-refractivity contribution < 1.29 is 9.90 Å². The molecule has 0 radical (unpaired) electrons. The van der Waals surface area contributed by atoms with Crippen LogP contribution in [0.5, 0.6) is 0 Å². The number of thioether (sulfide) groups is 1. The lowest BCUT2D eigenvalue weighted by atomic mass is 10.1. The maximum Gasteiger partial charge on any atom is 0.237 e. The van der Waals surface area contributed by atoms with Crippen LogP contribution in [0, 0.1) is 0 Å². The minimum atomic E-state index is -0.236. The molecule has 3 N–H and O–H groups in total. The van der Waals surface area contributed by atoms with Crippen LogP contribution in [-0.4, -0.2) is 47.3 Å². The summed E-state index contributed by atoms with van der Waals surface area (Å²) >= 11 is 1.61. The lowest BCUT2D eigenvalue weighted by molar-refractivity contribution is -0.123. The van der Waals surface area contributed by atoms with Crippen LogP contribution in [0.15, 0.2) is 0 Å². The second-order valence-corrected chi connectivity index (χ2v) is 5.91. The van der Waals surface area contributed by atoms with Gasteiger partial charge < -0.3 is 15.7 Å². The SMILES string of the molecule is CCCC(C)NC(=O)C(C)NC(C)C(CO)SC. The largest absolute Gasteiger partial charge is 0.395 e. The molecule has 18 heavy (non-hydrogen) atoms. The Morgan fingerprint density at radius 1 is 1.33 bits per heavy atom. The van der Waals surface area contributed by atoms with Gasteiger partial charge in [0.05, 0.1) is 12.6 Å². The third kappa shape index (κ3) is 6.61. The molecule has 0 aliphatic rings. The second-order valence-electron chi connectivity index (χ2n) is 4.83. The van der Waals surface area contributed by atoms with E-state index in [2.05, 4.69) is 17.6 Å². The average molecular weight is 276 g/mol. The fourth-order valence-electron chi connectivity index (χ4n) is 1.89. The number of aliphatic hydroxyl groups is 1. The molecule has 4 unspecified atom stereocenters. The van der Waals surface area contributed by atoms with Crippen LogP contribution in [-0.2, 0) is 4.79 Å². The van der Waals surface area contributed by atoms with Crippen LogP contribution in [0.2, 0.25) is 0 Å². The first-order chi connectivity index (χ1) is 8.46. The summed E-state index contributed by atoms with van der Waals surface area (Å²) in [6.07, 6.45) is 4.03. The van der Waals surface area contributed by atoms with Gasteiger partial charge in [0.1, 0.15) is 0 Å². The molecule has 1 amide bonds. The first-order valence-corrected chi connectivity index (χ1v) is 7.95. The van der Waals surface area contributed by atoms with Crippen LogP contribution >= 0.6 is 11.8 Å². The van der Waals surface area contributed by atoms with Crippen molar-refractivity contribution in [1.29, 1.82) is 0 Å². The standard InChI is InChI=1S/C13H28N2O2S/c1-6-7-9(2)14-13(17)11(4)15-10(3)12(8-16)18-5/h9-12,15-16H,6-8H2,1-5H3,(H,14,17). The number of rotatable bonds is 9. The summed E-state index contributed by atoms with van der Waals surface area (Å²) in [4.78, 5) is 11.9. The summed E-state index contributed by atoms with van der Waals surface area (Å²) in [5.41, 5.74) is 0. The highest BCUT2D eigenvalue weighted by molar-refractivity contribution is 7.99. The van der Waals surface area contributed by atoms with E-state index in [1.54, 1.807) is 11.8 Å². The molecule has 0 aromatic carbocycles. The van der Waals surface area contributed by atoms with Gasteiger partial charge in [-0.3, -0.25) is 4.79 Å². The van der Waals surface area contributed by atoms with E-state index in [4.69, 9.17) is 0 Å². The fraction of sp³-hybridized carbons (Fsp3) is 0.923. The molecule has 0 saturated heterocycles. The number of nitrogens with one attached hydrogen (secondary N) is 2. The van der Waals surface area contributed by atoms with Crippen molar-refractivity contribution in [3.05, 3.63) is 0 Å². The smallest absolute Gasteiger partial charge is 0.237 e. The van der Waals surface area contributed by atoms with Gasteiger partial charge in [0, 0.05) is 17.3 Å². The second kappa shape index (κ2) is 9.64. The maximum absolute atomic E-state index is 11.9.